The van der Waals surface area contributed by atoms with Crippen LogP contribution >= 0.6 is 0 Å². The van der Waals surface area contributed by atoms with E-state index in [-0.39, 0.29) is 5.91 Å². The van der Waals surface area contributed by atoms with Crippen molar-refractivity contribution in [2.24, 2.45) is 0 Å². The van der Waals surface area contributed by atoms with Crippen LogP contribution in [0.4, 0.5) is 0 Å². The Labute approximate surface area is 241 Å². The van der Waals surface area contributed by atoms with E-state index < -0.39 is 0 Å². The Morgan fingerprint density at radius 1 is 0.878 bits per heavy atom. The maximum absolute atomic E-state index is 13.6. The summed E-state index contributed by atoms with van der Waals surface area (Å²) in [5.41, 5.74) is 9.27. The van der Waals surface area contributed by atoms with Crippen LogP contribution in [0.5, 0.6) is 0 Å². The summed E-state index contributed by atoms with van der Waals surface area (Å²) in [5, 5.41) is 2.40. The highest BCUT2D eigenvalue weighted by Crippen LogP contribution is 2.44. The monoisotopic (exact) mass is 543 g/mol. The van der Waals surface area contributed by atoms with E-state index in [9.17, 15) is 4.79 Å². The van der Waals surface area contributed by atoms with Gasteiger partial charge in [-0.15, -0.1) is 0 Å². The third-order valence-electron chi connectivity index (χ3n) is 8.96. The third-order valence-corrected chi connectivity index (χ3v) is 8.96. The minimum Gasteiger partial charge on any atom is -0.378 e. The highest BCUT2D eigenvalue weighted by atomic mass is 16.5. The first-order valence-corrected chi connectivity index (χ1v) is 15.1. The standard InChI is InChI=1S/C36H37N3O2/c1-25-8-7-11-27(22-25)31-16-14-28-23-29(15-17-32(28)37-31)36-35(26-9-3-2-4-10-26)30-12-5-6-13-33(30)39(36)24-34(40)38-18-20-41-21-19-38/h5-8,11-17,22-23,26H,2-4,9-10,18-21,24H2,1H3. The number of carbonyl (C=O) groups excluding carboxylic acids is 1. The van der Waals surface area contributed by atoms with Crippen LogP contribution in [0.15, 0.2) is 78.9 Å². The lowest BCUT2D eigenvalue weighted by molar-refractivity contribution is -0.135. The van der Waals surface area contributed by atoms with Crippen LogP contribution in [-0.2, 0) is 16.1 Å². The fraction of sp³-hybridized carbons (Fsp3) is 0.333. The first-order chi connectivity index (χ1) is 20.2. The van der Waals surface area contributed by atoms with Gasteiger partial charge in [-0.1, -0.05) is 73.4 Å². The smallest absolute Gasteiger partial charge is 0.242 e. The summed E-state index contributed by atoms with van der Waals surface area (Å²) in [6.07, 6.45) is 6.24. The molecular weight excluding hydrogens is 506 g/mol. The van der Waals surface area contributed by atoms with Crippen LogP contribution in [-0.4, -0.2) is 46.7 Å². The molecule has 0 N–H and O–H groups in total. The summed E-state index contributed by atoms with van der Waals surface area (Å²) >= 11 is 0. The molecule has 7 rings (SSSR count). The van der Waals surface area contributed by atoms with Crippen molar-refractivity contribution < 1.29 is 9.53 Å². The highest BCUT2D eigenvalue weighted by Gasteiger charge is 2.28. The van der Waals surface area contributed by atoms with Crippen molar-refractivity contribution in [1.82, 2.24) is 14.5 Å². The average Bonchev–Trinajstić information content (AvgIpc) is 3.35. The van der Waals surface area contributed by atoms with Crippen molar-refractivity contribution in [1.29, 1.82) is 0 Å². The number of rotatable bonds is 5. The fourth-order valence-electron chi connectivity index (χ4n) is 6.90. The summed E-state index contributed by atoms with van der Waals surface area (Å²) in [4.78, 5) is 20.6. The van der Waals surface area contributed by atoms with Crippen LogP contribution in [0.1, 0.15) is 49.1 Å². The molecule has 2 aliphatic rings. The zero-order chi connectivity index (χ0) is 27.8. The molecule has 0 spiro atoms. The van der Waals surface area contributed by atoms with Gasteiger partial charge in [0.05, 0.1) is 30.1 Å². The molecule has 3 aromatic carbocycles. The number of aromatic nitrogens is 2. The molecule has 208 valence electrons. The quantitative estimate of drug-likeness (QED) is 0.228. The number of carbonyl (C=O) groups is 1. The zero-order valence-corrected chi connectivity index (χ0v) is 23.8. The molecule has 1 aliphatic carbocycles. The first-order valence-electron chi connectivity index (χ1n) is 15.1. The van der Waals surface area contributed by atoms with Gasteiger partial charge in [0.15, 0.2) is 0 Å². The molecular formula is C36H37N3O2. The Balaban J connectivity index is 1.37. The molecule has 1 aliphatic heterocycles. The molecule has 5 heteroatoms. The molecule has 2 aromatic heterocycles. The van der Waals surface area contributed by atoms with Crippen molar-refractivity contribution in [3.05, 3.63) is 90.0 Å². The molecule has 0 bridgehead atoms. The summed E-state index contributed by atoms with van der Waals surface area (Å²) in [5.74, 6) is 0.664. The van der Waals surface area contributed by atoms with E-state index in [2.05, 4.69) is 90.4 Å². The topological polar surface area (TPSA) is 47.4 Å². The van der Waals surface area contributed by atoms with Gasteiger partial charge >= 0.3 is 0 Å². The Kier molecular flexibility index (Phi) is 7.05. The molecule has 2 fully saturated rings. The van der Waals surface area contributed by atoms with Gasteiger partial charge in [-0.05, 0) is 67.1 Å². The van der Waals surface area contributed by atoms with Gasteiger partial charge in [0.25, 0.3) is 0 Å². The SMILES string of the molecule is Cc1cccc(-c2ccc3cc(-c4c(C5CCCCC5)c5ccccc5n4CC(=O)N4CCOCC4)ccc3n2)c1. The summed E-state index contributed by atoms with van der Waals surface area (Å²) in [6, 6.07) is 28.2. The molecule has 5 aromatic rings. The zero-order valence-electron chi connectivity index (χ0n) is 23.8. The Bertz CT molecular complexity index is 1720. The number of hydrogen-bond donors (Lipinski definition) is 0. The second-order valence-corrected chi connectivity index (χ2v) is 11.7. The molecule has 5 nitrogen and oxygen atoms in total. The van der Waals surface area contributed by atoms with Gasteiger partial charge < -0.3 is 14.2 Å². The van der Waals surface area contributed by atoms with Crippen molar-refractivity contribution in [2.75, 3.05) is 26.3 Å². The van der Waals surface area contributed by atoms with E-state index in [1.54, 1.807) is 0 Å². The first kappa shape index (κ1) is 26.0. The van der Waals surface area contributed by atoms with Crippen molar-refractivity contribution in [2.45, 2.75) is 51.5 Å². The Morgan fingerprint density at radius 2 is 1.71 bits per heavy atom. The number of nitrogens with zero attached hydrogens (tertiary/aromatic N) is 3. The van der Waals surface area contributed by atoms with Crippen LogP contribution in [0.25, 0.3) is 44.3 Å². The number of morpholine rings is 1. The van der Waals surface area contributed by atoms with E-state index in [0.717, 1.165) is 33.2 Å². The number of aryl methyl sites for hydroxylation is 1. The van der Waals surface area contributed by atoms with Crippen LogP contribution < -0.4 is 0 Å². The van der Waals surface area contributed by atoms with Gasteiger partial charge in [0.2, 0.25) is 5.91 Å². The van der Waals surface area contributed by atoms with Crippen LogP contribution in [0, 0.1) is 6.92 Å². The molecule has 1 amide bonds. The number of ether oxygens (including phenoxy) is 1. The van der Waals surface area contributed by atoms with Crippen LogP contribution in [0.2, 0.25) is 0 Å². The molecule has 0 atom stereocenters. The Morgan fingerprint density at radius 3 is 2.54 bits per heavy atom. The van der Waals surface area contributed by atoms with E-state index in [4.69, 9.17) is 9.72 Å². The molecule has 1 saturated carbocycles. The van der Waals surface area contributed by atoms with E-state index in [0.29, 0.717) is 38.8 Å². The third kappa shape index (κ3) is 5.04. The molecule has 41 heavy (non-hydrogen) atoms. The van der Waals surface area contributed by atoms with Gasteiger partial charge in [0.1, 0.15) is 6.54 Å². The summed E-state index contributed by atoms with van der Waals surface area (Å²) in [7, 11) is 0. The largest absolute Gasteiger partial charge is 0.378 e. The lowest BCUT2D eigenvalue weighted by Crippen LogP contribution is -2.42. The predicted octanol–water partition coefficient (Wildman–Crippen LogP) is 7.74. The molecule has 3 heterocycles. The summed E-state index contributed by atoms with van der Waals surface area (Å²) in [6.45, 7) is 5.00. The van der Waals surface area contributed by atoms with Gasteiger partial charge in [0, 0.05) is 34.9 Å². The number of hydrogen-bond acceptors (Lipinski definition) is 3. The van der Waals surface area contributed by atoms with Crippen LogP contribution in [0.3, 0.4) is 0 Å². The number of benzene rings is 3. The fourth-order valence-corrected chi connectivity index (χ4v) is 6.90. The van der Waals surface area contributed by atoms with Crippen molar-refractivity contribution in [3.8, 4) is 22.5 Å². The van der Waals surface area contributed by atoms with Crippen molar-refractivity contribution in [3.63, 3.8) is 0 Å². The number of fused-ring (bicyclic) bond motifs is 2. The lowest BCUT2D eigenvalue weighted by Gasteiger charge is -2.28. The highest BCUT2D eigenvalue weighted by molar-refractivity contribution is 5.96. The molecule has 1 saturated heterocycles. The van der Waals surface area contributed by atoms with E-state index >= 15 is 0 Å². The normalized spacial score (nSPS) is 16.5. The Hall–Kier alpha value is -3.96. The number of amides is 1. The average molecular weight is 544 g/mol. The predicted molar refractivity (Wildman–Crippen MR) is 166 cm³/mol. The van der Waals surface area contributed by atoms with E-state index in [1.807, 2.05) is 4.90 Å². The van der Waals surface area contributed by atoms with Gasteiger partial charge in [-0.3, -0.25) is 4.79 Å². The van der Waals surface area contributed by atoms with Gasteiger partial charge in [-0.25, -0.2) is 4.98 Å². The maximum Gasteiger partial charge on any atom is 0.242 e. The van der Waals surface area contributed by atoms with Gasteiger partial charge in [-0.2, -0.15) is 0 Å². The lowest BCUT2D eigenvalue weighted by atomic mass is 9.82. The molecule has 0 radical (unpaired) electrons. The minimum atomic E-state index is 0.163. The maximum atomic E-state index is 13.6. The second-order valence-electron chi connectivity index (χ2n) is 11.7. The summed E-state index contributed by atoms with van der Waals surface area (Å²) < 4.78 is 7.82. The number of para-hydroxylation sites is 1. The second kappa shape index (κ2) is 11.1. The van der Waals surface area contributed by atoms with Crippen molar-refractivity contribution >= 4 is 27.7 Å². The minimum absolute atomic E-state index is 0.163. The number of pyridine rings is 1. The van der Waals surface area contributed by atoms with E-state index in [1.165, 1.54) is 54.3 Å². The molecule has 0 unspecified atom stereocenters.